The maximum atomic E-state index is 13.1. The lowest BCUT2D eigenvalue weighted by Crippen LogP contribution is -2.22. The van der Waals surface area contributed by atoms with Crippen LogP contribution >= 0.6 is 0 Å². The Morgan fingerprint density at radius 2 is 1.59 bits per heavy atom. The molecule has 0 aliphatic carbocycles. The molecule has 0 unspecified atom stereocenters. The quantitative estimate of drug-likeness (QED) is 0.493. The highest BCUT2D eigenvalue weighted by molar-refractivity contribution is 7.91. The number of sulfone groups is 1. The van der Waals surface area contributed by atoms with Crippen molar-refractivity contribution in [2.75, 3.05) is 12.4 Å². The van der Waals surface area contributed by atoms with Gasteiger partial charge >= 0.3 is 0 Å². The third kappa shape index (κ3) is 3.58. The minimum absolute atomic E-state index is 0.0467. The number of benzene rings is 3. The predicted molar refractivity (Wildman–Crippen MR) is 121 cm³/mol. The Bertz CT molecular complexity index is 1370. The van der Waals surface area contributed by atoms with Crippen LogP contribution < -0.4 is 10.1 Å². The average molecular weight is 450 g/mol. The molecule has 32 heavy (non-hydrogen) atoms. The summed E-state index contributed by atoms with van der Waals surface area (Å²) in [6, 6.07) is 15.7. The lowest BCUT2D eigenvalue weighted by molar-refractivity contribution is 0.101. The fourth-order valence-corrected chi connectivity index (χ4v) is 5.37. The molecule has 164 valence electrons. The van der Waals surface area contributed by atoms with Gasteiger partial charge in [0, 0.05) is 16.7 Å². The number of hydrogen-bond donors (Lipinski definition) is 1. The zero-order valence-electron chi connectivity index (χ0n) is 18.2. The maximum Gasteiger partial charge on any atom is 0.255 e. The van der Waals surface area contributed by atoms with Gasteiger partial charge in [0.15, 0.2) is 5.78 Å². The Morgan fingerprint density at radius 3 is 2.28 bits per heavy atom. The molecule has 4 rings (SSSR count). The summed E-state index contributed by atoms with van der Waals surface area (Å²) in [6.07, 6.45) is 0. The van der Waals surface area contributed by atoms with Crippen LogP contribution in [-0.2, 0) is 15.3 Å². The number of carbonyl (C=O) groups excluding carboxylic acids is 2. The van der Waals surface area contributed by atoms with E-state index in [0.29, 0.717) is 11.4 Å². The summed E-state index contributed by atoms with van der Waals surface area (Å²) in [5, 5.41) is 2.81. The largest absolute Gasteiger partial charge is 0.495 e. The van der Waals surface area contributed by atoms with Gasteiger partial charge in [-0.2, -0.15) is 0 Å². The molecule has 0 saturated heterocycles. The van der Waals surface area contributed by atoms with Crippen LogP contribution in [0.1, 0.15) is 52.6 Å². The van der Waals surface area contributed by atoms with Gasteiger partial charge in [0.2, 0.25) is 9.84 Å². The van der Waals surface area contributed by atoms with Crippen LogP contribution in [0.3, 0.4) is 0 Å². The molecule has 0 bridgehead atoms. The standard InChI is InChI=1S/C25H23NO5S/c1-25(2,3)16-10-12-20(31-4)19(14-16)26-24(28)15-9-11-18-22(13-15)32(29,30)21-8-6-5-7-17(21)23(18)27/h5-14H,1-4H3,(H,26,28). The van der Waals surface area contributed by atoms with Gasteiger partial charge < -0.3 is 10.1 Å². The van der Waals surface area contributed by atoms with Crippen molar-refractivity contribution in [1.82, 2.24) is 0 Å². The second-order valence-electron chi connectivity index (χ2n) is 8.66. The van der Waals surface area contributed by atoms with E-state index >= 15 is 0 Å². The zero-order chi connectivity index (χ0) is 23.3. The molecule has 6 nitrogen and oxygen atoms in total. The number of methoxy groups -OCH3 is 1. The van der Waals surface area contributed by atoms with E-state index in [9.17, 15) is 18.0 Å². The number of carbonyl (C=O) groups is 2. The monoisotopic (exact) mass is 449 g/mol. The van der Waals surface area contributed by atoms with Gasteiger partial charge in [0.05, 0.1) is 22.6 Å². The molecule has 0 saturated carbocycles. The smallest absolute Gasteiger partial charge is 0.255 e. The van der Waals surface area contributed by atoms with E-state index < -0.39 is 15.7 Å². The second kappa shape index (κ2) is 7.60. The molecule has 0 atom stereocenters. The minimum Gasteiger partial charge on any atom is -0.495 e. The topological polar surface area (TPSA) is 89.5 Å². The van der Waals surface area contributed by atoms with E-state index in [2.05, 4.69) is 26.1 Å². The molecule has 1 aliphatic rings. The number of hydrogen-bond acceptors (Lipinski definition) is 5. The summed E-state index contributed by atoms with van der Waals surface area (Å²) < 4.78 is 31.6. The van der Waals surface area contributed by atoms with Crippen LogP contribution in [0.5, 0.6) is 5.75 Å². The first-order chi connectivity index (χ1) is 15.0. The lowest BCUT2D eigenvalue weighted by atomic mass is 9.87. The van der Waals surface area contributed by atoms with Crippen molar-refractivity contribution in [1.29, 1.82) is 0 Å². The molecule has 0 radical (unpaired) electrons. The number of amides is 1. The number of nitrogens with one attached hydrogen (secondary N) is 1. The highest BCUT2D eigenvalue weighted by atomic mass is 32.2. The highest BCUT2D eigenvalue weighted by Crippen LogP contribution is 2.35. The van der Waals surface area contributed by atoms with E-state index in [1.165, 1.54) is 37.4 Å². The SMILES string of the molecule is COc1ccc(C(C)(C)C)cc1NC(=O)c1ccc2c(c1)S(=O)(=O)c1ccccc1C2=O. The zero-order valence-corrected chi connectivity index (χ0v) is 19.0. The van der Waals surface area contributed by atoms with Crippen molar-refractivity contribution in [3.8, 4) is 5.75 Å². The Kier molecular flexibility index (Phi) is 5.17. The Labute approximate surface area is 187 Å². The molecular formula is C25H23NO5S. The summed E-state index contributed by atoms with van der Waals surface area (Å²) in [7, 11) is -2.42. The van der Waals surface area contributed by atoms with Gasteiger partial charge in [0.25, 0.3) is 5.91 Å². The summed E-state index contributed by atoms with van der Waals surface area (Å²) in [6.45, 7) is 6.18. The Balaban J connectivity index is 1.74. The van der Waals surface area contributed by atoms with E-state index in [-0.39, 0.29) is 37.7 Å². The second-order valence-corrected chi connectivity index (χ2v) is 10.5. The molecule has 1 amide bonds. The van der Waals surface area contributed by atoms with E-state index in [4.69, 9.17) is 4.74 Å². The molecule has 3 aromatic carbocycles. The number of anilines is 1. The van der Waals surface area contributed by atoms with Crippen LogP contribution in [0.15, 0.2) is 70.5 Å². The number of ether oxygens (including phenoxy) is 1. The van der Waals surface area contributed by atoms with Crippen molar-refractivity contribution < 1.29 is 22.7 Å². The average Bonchev–Trinajstić information content (AvgIpc) is 2.76. The first-order valence-corrected chi connectivity index (χ1v) is 11.5. The molecule has 3 aromatic rings. The first-order valence-electron chi connectivity index (χ1n) is 10.1. The van der Waals surface area contributed by atoms with Gasteiger partial charge in [-0.3, -0.25) is 9.59 Å². The lowest BCUT2D eigenvalue weighted by Gasteiger charge is -2.21. The van der Waals surface area contributed by atoms with E-state index in [1.807, 2.05) is 12.1 Å². The van der Waals surface area contributed by atoms with Crippen LogP contribution in [0.25, 0.3) is 0 Å². The highest BCUT2D eigenvalue weighted by Gasteiger charge is 2.35. The van der Waals surface area contributed by atoms with Gasteiger partial charge in [-0.05, 0) is 53.4 Å². The summed E-state index contributed by atoms with van der Waals surface area (Å²) in [4.78, 5) is 25.6. The fourth-order valence-electron chi connectivity index (χ4n) is 3.69. The van der Waals surface area contributed by atoms with Crippen molar-refractivity contribution in [3.05, 3.63) is 82.9 Å². The van der Waals surface area contributed by atoms with Crippen LogP contribution in [-0.4, -0.2) is 27.2 Å². The molecule has 0 spiro atoms. The van der Waals surface area contributed by atoms with Gasteiger partial charge in [0.1, 0.15) is 5.75 Å². The maximum absolute atomic E-state index is 13.1. The molecular weight excluding hydrogens is 426 g/mol. The molecule has 0 aromatic heterocycles. The minimum atomic E-state index is -3.93. The van der Waals surface area contributed by atoms with Gasteiger partial charge in [-0.25, -0.2) is 8.42 Å². The third-order valence-corrected chi connectivity index (χ3v) is 7.36. The van der Waals surface area contributed by atoms with Crippen LogP contribution in [0, 0.1) is 0 Å². The first kappa shape index (κ1) is 21.8. The molecule has 0 fully saturated rings. The van der Waals surface area contributed by atoms with Gasteiger partial charge in [-0.1, -0.05) is 39.0 Å². The van der Waals surface area contributed by atoms with E-state index in [0.717, 1.165) is 5.56 Å². The summed E-state index contributed by atoms with van der Waals surface area (Å²) in [5.74, 6) is -0.392. The predicted octanol–water partition coefficient (Wildman–Crippen LogP) is 4.62. The van der Waals surface area contributed by atoms with Crippen LogP contribution in [0.2, 0.25) is 0 Å². The summed E-state index contributed by atoms with van der Waals surface area (Å²) >= 11 is 0. The fraction of sp³-hybridized carbons (Fsp3) is 0.200. The van der Waals surface area contributed by atoms with E-state index in [1.54, 1.807) is 18.2 Å². The van der Waals surface area contributed by atoms with Crippen molar-refractivity contribution in [3.63, 3.8) is 0 Å². The molecule has 1 N–H and O–H groups in total. The Morgan fingerprint density at radius 1 is 0.906 bits per heavy atom. The van der Waals surface area contributed by atoms with Crippen molar-refractivity contribution in [2.45, 2.75) is 36.0 Å². The number of rotatable bonds is 3. The number of ketones is 1. The van der Waals surface area contributed by atoms with Crippen molar-refractivity contribution in [2.24, 2.45) is 0 Å². The normalized spacial score (nSPS) is 14.3. The third-order valence-electron chi connectivity index (χ3n) is 5.51. The van der Waals surface area contributed by atoms with Crippen LogP contribution in [0.4, 0.5) is 5.69 Å². The molecule has 7 heteroatoms. The molecule has 1 aliphatic heterocycles. The number of fused-ring (bicyclic) bond motifs is 2. The summed E-state index contributed by atoms with van der Waals surface area (Å²) in [5.41, 5.74) is 1.67. The molecule has 1 heterocycles. The van der Waals surface area contributed by atoms with Crippen molar-refractivity contribution >= 4 is 27.2 Å². The van der Waals surface area contributed by atoms with Gasteiger partial charge in [-0.15, -0.1) is 0 Å². The Hall–Kier alpha value is -3.45.